The molecule has 0 unspecified atom stereocenters. The van der Waals surface area contributed by atoms with Gasteiger partial charge in [0, 0.05) is 31.7 Å². The molecule has 0 radical (unpaired) electrons. The van der Waals surface area contributed by atoms with Gasteiger partial charge in [0.15, 0.2) is 0 Å². The Labute approximate surface area is 123 Å². The monoisotopic (exact) mass is 276 g/mol. The molecule has 1 rings (SSSR count). The summed E-state index contributed by atoms with van der Waals surface area (Å²) in [5.41, 5.74) is 2.59. The van der Waals surface area contributed by atoms with Crippen LogP contribution in [0.2, 0.25) is 0 Å². The molecule has 3 nitrogen and oxygen atoms in total. The van der Waals surface area contributed by atoms with Crippen molar-refractivity contribution < 1.29 is 4.79 Å². The van der Waals surface area contributed by atoms with Crippen molar-refractivity contribution >= 4 is 11.6 Å². The highest BCUT2D eigenvalue weighted by molar-refractivity contribution is 5.75. The molecule has 3 heteroatoms. The minimum absolute atomic E-state index is 0.179. The Bertz CT molecular complexity index is 404. The maximum atomic E-state index is 11.3. The quantitative estimate of drug-likeness (QED) is 0.700. The van der Waals surface area contributed by atoms with E-state index >= 15 is 0 Å². The first-order chi connectivity index (χ1) is 9.67. The molecule has 1 aromatic rings. The largest absolute Gasteiger partial charge is 0.372 e. The molecular formula is C17H28N2O. The lowest BCUT2D eigenvalue weighted by Crippen LogP contribution is -2.27. The van der Waals surface area contributed by atoms with E-state index in [0.717, 1.165) is 38.9 Å². The van der Waals surface area contributed by atoms with Gasteiger partial charge < -0.3 is 10.2 Å². The highest BCUT2D eigenvalue weighted by Crippen LogP contribution is 2.16. The normalized spacial score (nSPS) is 10.3. The predicted octanol–water partition coefficient (Wildman–Crippen LogP) is 3.52. The van der Waals surface area contributed by atoms with Gasteiger partial charge >= 0.3 is 0 Å². The van der Waals surface area contributed by atoms with Crippen molar-refractivity contribution in [1.82, 2.24) is 5.32 Å². The molecule has 1 aromatic carbocycles. The van der Waals surface area contributed by atoms with Gasteiger partial charge in [0.1, 0.15) is 0 Å². The highest BCUT2D eigenvalue weighted by Gasteiger charge is 2.04. The first-order valence-corrected chi connectivity index (χ1v) is 7.75. The molecule has 0 aliphatic heterocycles. The van der Waals surface area contributed by atoms with Crippen molar-refractivity contribution in [3.8, 4) is 0 Å². The van der Waals surface area contributed by atoms with E-state index in [-0.39, 0.29) is 5.91 Å². The lowest BCUT2D eigenvalue weighted by Gasteiger charge is -2.23. The van der Waals surface area contributed by atoms with Gasteiger partial charge in [0.25, 0.3) is 0 Å². The number of carbonyl (C=O) groups excluding carboxylic acids is 1. The molecule has 1 amide bonds. The average molecular weight is 276 g/mol. The maximum Gasteiger partial charge on any atom is 0.219 e. The molecule has 112 valence electrons. The Morgan fingerprint density at radius 1 is 1.25 bits per heavy atom. The first kappa shape index (κ1) is 16.5. The van der Waals surface area contributed by atoms with Crippen molar-refractivity contribution in [2.24, 2.45) is 0 Å². The number of aryl methyl sites for hydroxylation is 1. The van der Waals surface area contributed by atoms with E-state index in [9.17, 15) is 4.79 Å². The number of benzene rings is 1. The molecule has 0 bridgehead atoms. The SMILES string of the molecule is CCCC(=O)NCCCCN(CC)c1cccc(C)c1. The number of nitrogens with zero attached hydrogens (tertiary/aromatic N) is 1. The molecular weight excluding hydrogens is 248 g/mol. The molecule has 0 fully saturated rings. The number of anilines is 1. The Morgan fingerprint density at radius 3 is 2.70 bits per heavy atom. The van der Waals surface area contributed by atoms with E-state index in [2.05, 4.69) is 48.3 Å². The summed E-state index contributed by atoms with van der Waals surface area (Å²) in [7, 11) is 0. The first-order valence-electron chi connectivity index (χ1n) is 7.75. The van der Waals surface area contributed by atoms with E-state index in [1.54, 1.807) is 0 Å². The van der Waals surface area contributed by atoms with E-state index in [0.29, 0.717) is 6.42 Å². The van der Waals surface area contributed by atoms with Crippen LogP contribution >= 0.6 is 0 Å². The van der Waals surface area contributed by atoms with E-state index in [1.807, 2.05) is 6.92 Å². The lowest BCUT2D eigenvalue weighted by atomic mass is 10.2. The van der Waals surface area contributed by atoms with Gasteiger partial charge in [0.2, 0.25) is 5.91 Å². The predicted molar refractivity (Wildman–Crippen MR) is 86.2 cm³/mol. The molecule has 0 heterocycles. The van der Waals surface area contributed by atoms with Crippen LogP contribution in [0.15, 0.2) is 24.3 Å². The third kappa shape index (κ3) is 6.09. The fourth-order valence-electron chi connectivity index (χ4n) is 2.27. The summed E-state index contributed by atoms with van der Waals surface area (Å²) in [6, 6.07) is 8.63. The number of amides is 1. The van der Waals surface area contributed by atoms with Gasteiger partial charge in [-0.15, -0.1) is 0 Å². The van der Waals surface area contributed by atoms with Crippen LogP contribution in [0, 0.1) is 6.92 Å². The summed E-state index contributed by atoms with van der Waals surface area (Å²) >= 11 is 0. The van der Waals surface area contributed by atoms with Crippen molar-refractivity contribution in [1.29, 1.82) is 0 Å². The Balaban J connectivity index is 2.27. The molecule has 0 aromatic heterocycles. The zero-order valence-corrected chi connectivity index (χ0v) is 13.1. The van der Waals surface area contributed by atoms with Crippen LogP contribution in [0.3, 0.4) is 0 Å². The van der Waals surface area contributed by atoms with Crippen molar-refractivity contribution in [2.75, 3.05) is 24.5 Å². The summed E-state index contributed by atoms with van der Waals surface area (Å²) in [5.74, 6) is 0.179. The topological polar surface area (TPSA) is 32.3 Å². The minimum atomic E-state index is 0.179. The second kappa shape index (κ2) is 9.40. The molecule has 1 N–H and O–H groups in total. The maximum absolute atomic E-state index is 11.3. The molecule has 0 saturated carbocycles. The third-order valence-electron chi connectivity index (χ3n) is 3.40. The third-order valence-corrected chi connectivity index (χ3v) is 3.40. The number of hydrogen-bond donors (Lipinski definition) is 1. The summed E-state index contributed by atoms with van der Waals surface area (Å²) in [4.78, 5) is 13.7. The van der Waals surface area contributed by atoms with E-state index in [4.69, 9.17) is 0 Å². The molecule has 20 heavy (non-hydrogen) atoms. The molecule has 0 aliphatic rings. The lowest BCUT2D eigenvalue weighted by molar-refractivity contribution is -0.121. The van der Waals surface area contributed by atoms with Gasteiger partial charge in [-0.1, -0.05) is 19.1 Å². The van der Waals surface area contributed by atoms with Crippen LogP contribution < -0.4 is 10.2 Å². The number of nitrogens with one attached hydrogen (secondary N) is 1. The van der Waals surface area contributed by atoms with E-state index < -0.39 is 0 Å². The highest BCUT2D eigenvalue weighted by atomic mass is 16.1. The minimum Gasteiger partial charge on any atom is -0.372 e. The van der Waals surface area contributed by atoms with Gasteiger partial charge in [-0.2, -0.15) is 0 Å². The van der Waals surface area contributed by atoms with Gasteiger partial charge in [-0.3, -0.25) is 4.79 Å². The molecule has 0 saturated heterocycles. The zero-order chi connectivity index (χ0) is 14.8. The number of hydrogen-bond acceptors (Lipinski definition) is 2. The summed E-state index contributed by atoms with van der Waals surface area (Å²) in [6.45, 7) is 9.20. The summed E-state index contributed by atoms with van der Waals surface area (Å²) in [6.07, 6.45) is 3.71. The Hall–Kier alpha value is -1.51. The summed E-state index contributed by atoms with van der Waals surface area (Å²) in [5, 5.41) is 2.97. The van der Waals surface area contributed by atoms with Crippen LogP contribution in [0.5, 0.6) is 0 Å². The van der Waals surface area contributed by atoms with Crippen molar-refractivity contribution in [2.45, 2.75) is 46.5 Å². The fourth-order valence-corrected chi connectivity index (χ4v) is 2.27. The Morgan fingerprint density at radius 2 is 2.05 bits per heavy atom. The number of carbonyl (C=O) groups is 1. The van der Waals surface area contributed by atoms with Gasteiger partial charge in [-0.05, 0) is 50.8 Å². The second-order valence-electron chi connectivity index (χ2n) is 5.23. The average Bonchev–Trinajstić information content (AvgIpc) is 2.43. The van der Waals surface area contributed by atoms with Crippen LogP contribution in [-0.4, -0.2) is 25.5 Å². The molecule has 0 atom stereocenters. The van der Waals surface area contributed by atoms with Gasteiger partial charge in [-0.25, -0.2) is 0 Å². The van der Waals surface area contributed by atoms with Crippen molar-refractivity contribution in [3.63, 3.8) is 0 Å². The smallest absolute Gasteiger partial charge is 0.219 e. The molecule has 0 aliphatic carbocycles. The number of rotatable bonds is 9. The van der Waals surface area contributed by atoms with Crippen molar-refractivity contribution in [3.05, 3.63) is 29.8 Å². The summed E-state index contributed by atoms with van der Waals surface area (Å²) < 4.78 is 0. The van der Waals surface area contributed by atoms with Crippen LogP contribution in [0.25, 0.3) is 0 Å². The standard InChI is InChI=1S/C17H28N2O/c1-4-9-17(20)18-12-6-7-13-19(5-2)16-11-8-10-15(3)14-16/h8,10-11,14H,4-7,9,12-13H2,1-3H3,(H,18,20). The van der Waals surface area contributed by atoms with Crippen LogP contribution in [0.1, 0.15) is 45.1 Å². The zero-order valence-electron chi connectivity index (χ0n) is 13.1. The second-order valence-corrected chi connectivity index (χ2v) is 5.23. The number of unbranched alkanes of at least 4 members (excludes halogenated alkanes) is 1. The Kier molecular flexibility index (Phi) is 7.78. The van der Waals surface area contributed by atoms with Crippen LogP contribution in [0.4, 0.5) is 5.69 Å². The molecule has 0 spiro atoms. The fraction of sp³-hybridized carbons (Fsp3) is 0.588. The van der Waals surface area contributed by atoms with E-state index in [1.165, 1.54) is 11.3 Å². The van der Waals surface area contributed by atoms with Crippen LogP contribution in [-0.2, 0) is 4.79 Å². The van der Waals surface area contributed by atoms with Gasteiger partial charge in [0.05, 0.1) is 0 Å².